The van der Waals surface area contributed by atoms with Gasteiger partial charge in [-0.15, -0.1) is 0 Å². The van der Waals surface area contributed by atoms with Crippen LogP contribution in [0.5, 0.6) is 0 Å². The van der Waals surface area contributed by atoms with Gasteiger partial charge in [0.05, 0.1) is 0 Å². The standard InChI is InChI=1S/C23H28N4O2/c1-17(28)27-9-8-19-15-20(6-7-22(19)27)23(29)24-21-5-3-4-18(14-21)16-26-12-10-25(2)11-13-26/h3-7,14-15H,8-13,16H2,1-2H3,(H,24,29). The molecule has 2 aliphatic heterocycles. The molecule has 2 amide bonds. The van der Waals surface area contributed by atoms with Crippen LogP contribution in [0.4, 0.5) is 11.4 Å². The molecule has 2 aromatic rings. The molecule has 2 aromatic carbocycles. The quantitative estimate of drug-likeness (QED) is 0.869. The Labute approximate surface area is 172 Å². The van der Waals surface area contributed by atoms with Crippen LogP contribution in [0.25, 0.3) is 0 Å². The second kappa shape index (κ2) is 8.35. The summed E-state index contributed by atoms with van der Waals surface area (Å²) in [5.74, 6) is -0.0797. The fraction of sp³-hybridized carbons (Fsp3) is 0.391. The number of benzene rings is 2. The number of hydrogen-bond donors (Lipinski definition) is 1. The van der Waals surface area contributed by atoms with E-state index in [2.05, 4.69) is 34.3 Å². The molecule has 29 heavy (non-hydrogen) atoms. The Morgan fingerprint density at radius 2 is 1.79 bits per heavy atom. The third kappa shape index (κ3) is 4.49. The van der Waals surface area contributed by atoms with E-state index in [4.69, 9.17) is 0 Å². The molecular formula is C23H28N4O2. The summed E-state index contributed by atoms with van der Waals surface area (Å²) in [6.07, 6.45) is 0.788. The van der Waals surface area contributed by atoms with E-state index in [1.807, 2.05) is 24.3 Å². The number of carbonyl (C=O) groups is 2. The molecule has 2 aliphatic rings. The first kappa shape index (κ1) is 19.6. The van der Waals surface area contributed by atoms with Crippen molar-refractivity contribution < 1.29 is 9.59 Å². The van der Waals surface area contributed by atoms with Crippen molar-refractivity contribution >= 4 is 23.2 Å². The van der Waals surface area contributed by atoms with Crippen molar-refractivity contribution in [1.82, 2.24) is 9.80 Å². The van der Waals surface area contributed by atoms with E-state index in [9.17, 15) is 9.59 Å². The van der Waals surface area contributed by atoms with E-state index in [0.717, 1.165) is 56.1 Å². The van der Waals surface area contributed by atoms with Crippen molar-refractivity contribution in [3.8, 4) is 0 Å². The van der Waals surface area contributed by atoms with Crippen molar-refractivity contribution in [3.05, 3.63) is 59.2 Å². The predicted molar refractivity (Wildman–Crippen MR) is 115 cm³/mol. The summed E-state index contributed by atoms with van der Waals surface area (Å²) in [6, 6.07) is 13.7. The molecule has 0 unspecified atom stereocenters. The zero-order chi connectivity index (χ0) is 20.4. The van der Waals surface area contributed by atoms with Crippen LogP contribution in [-0.4, -0.2) is 61.4 Å². The Balaban J connectivity index is 1.42. The molecule has 0 saturated carbocycles. The molecule has 1 fully saturated rings. The van der Waals surface area contributed by atoms with Gasteiger partial charge in [-0.3, -0.25) is 14.5 Å². The second-order valence-corrected chi connectivity index (χ2v) is 8.00. The van der Waals surface area contributed by atoms with Crippen LogP contribution in [0.15, 0.2) is 42.5 Å². The summed E-state index contributed by atoms with van der Waals surface area (Å²) in [7, 11) is 2.16. The van der Waals surface area contributed by atoms with Crippen molar-refractivity contribution in [2.75, 3.05) is 50.0 Å². The molecule has 4 rings (SSSR count). The first-order valence-electron chi connectivity index (χ1n) is 10.2. The monoisotopic (exact) mass is 392 g/mol. The minimum atomic E-state index is -0.120. The van der Waals surface area contributed by atoms with Crippen molar-refractivity contribution in [3.63, 3.8) is 0 Å². The minimum Gasteiger partial charge on any atom is -0.322 e. The molecule has 2 heterocycles. The highest BCUT2D eigenvalue weighted by molar-refractivity contribution is 6.05. The molecule has 0 bridgehead atoms. The normalized spacial score (nSPS) is 17.2. The first-order chi connectivity index (χ1) is 14.0. The average molecular weight is 393 g/mol. The summed E-state index contributed by atoms with van der Waals surface area (Å²) in [6.45, 7) is 7.48. The van der Waals surface area contributed by atoms with Gasteiger partial charge in [0.2, 0.25) is 5.91 Å². The molecule has 0 aromatic heterocycles. The third-order valence-corrected chi connectivity index (χ3v) is 5.80. The second-order valence-electron chi connectivity index (χ2n) is 8.00. The summed E-state index contributed by atoms with van der Waals surface area (Å²) in [5, 5.41) is 3.02. The summed E-state index contributed by atoms with van der Waals surface area (Å²) < 4.78 is 0. The van der Waals surface area contributed by atoms with E-state index in [-0.39, 0.29) is 11.8 Å². The first-order valence-corrected chi connectivity index (χ1v) is 10.2. The lowest BCUT2D eigenvalue weighted by Gasteiger charge is -2.32. The highest BCUT2D eigenvalue weighted by atomic mass is 16.2. The van der Waals surface area contributed by atoms with E-state index < -0.39 is 0 Å². The Morgan fingerprint density at radius 3 is 2.55 bits per heavy atom. The van der Waals surface area contributed by atoms with Crippen LogP contribution >= 0.6 is 0 Å². The van der Waals surface area contributed by atoms with Gasteiger partial charge in [-0.25, -0.2) is 0 Å². The molecule has 1 N–H and O–H groups in total. The predicted octanol–water partition coefficient (Wildman–Crippen LogP) is 2.60. The van der Waals surface area contributed by atoms with E-state index >= 15 is 0 Å². The van der Waals surface area contributed by atoms with Crippen LogP contribution in [0.3, 0.4) is 0 Å². The van der Waals surface area contributed by atoms with Crippen LogP contribution in [0, 0.1) is 0 Å². The number of carbonyl (C=O) groups excluding carboxylic acids is 2. The van der Waals surface area contributed by atoms with E-state index in [1.165, 1.54) is 5.56 Å². The maximum atomic E-state index is 12.8. The zero-order valence-electron chi connectivity index (χ0n) is 17.1. The van der Waals surface area contributed by atoms with Gasteiger partial charge < -0.3 is 15.1 Å². The lowest BCUT2D eigenvalue weighted by Crippen LogP contribution is -2.43. The van der Waals surface area contributed by atoms with Gasteiger partial charge >= 0.3 is 0 Å². The number of nitrogens with zero attached hydrogens (tertiary/aromatic N) is 3. The number of nitrogens with one attached hydrogen (secondary N) is 1. The van der Waals surface area contributed by atoms with Gasteiger partial charge in [-0.2, -0.15) is 0 Å². The number of amides is 2. The lowest BCUT2D eigenvalue weighted by molar-refractivity contribution is -0.116. The fourth-order valence-corrected chi connectivity index (χ4v) is 4.08. The van der Waals surface area contributed by atoms with Crippen LogP contribution < -0.4 is 10.2 Å². The van der Waals surface area contributed by atoms with Crippen LogP contribution in [-0.2, 0) is 17.8 Å². The average Bonchev–Trinajstić information content (AvgIpc) is 3.13. The molecule has 6 nitrogen and oxygen atoms in total. The van der Waals surface area contributed by atoms with Gasteiger partial charge in [0.15, 0.2) is 0 Å². The summed E-state index contributed by atoms with van der Waals surface area (Å²) in [4.78, 5) is 31.0. The highest BCUT2D eigenvalue weighted by Gasteiger charge is 2.23. The van der Waals surface area contributed by atoms with Gasteiger partial charge in [0.1, 0.15) is 0 Å². The Hall–Kier alpha value is -2.70. The number of fused-ring (bicyclic) bond motifs is 1. The SMILES string of the molecule is CC(=O)N1CCc2cc(C(=O)Nc3cccc(CN4CCN(C)CC4)c3)ccc21. The van der Waals surface area contributed by atoms with Crippen LogP contribution in [0.2, 0.25) is 0 Å². The van der Waals surface area contributed by atoms with E-state index in [0.29, 0.717) is 12.1 Å². The van der Waals surface area contributed by atoms with Gasteiger partial charge in [-0.1, -0.05) is 12.1 Å². The molecule has 152 valence electrons. The lowest BCUT2D eigenvalue weighted by atomic mass is 10.1. The maximum absolute atomic E-state index is 12.8. The summed E-state index contributed by atoms with van der Waals surface area (Å²) >= 11 is 0. The number of likely N-dealkylation sites (N-methyl/N-ethyl adjacent to an activating group) is 1. The molecule has 1 saturated heterocycles. The smallest absolute Gasteiger partial charge is 0.255 e. The largest absolute Gasteiger partial charge is 0.322 e. The maximum Gasteiger partial charge on any atom is 0.255 e. The Morgan fingerprint density at radius 1 is 1.00 bits per heavy atom. The molecule has 6 heteroatoms. The number of anilines is 2. The molecule has 0 atom stereocenters. The molecule has 0 spiro atoms. The zero-order valence-corrected chi connectivity index (χ0v) is 17.1. The van der Waals surface area contributed by atoms with E-state index in [1.54, 1.807) is 17.9 Å². The highest BCUT2D eigenvalue weighted by Crippen LogP contribution is 2.29. The molecular weight excluding hydrogens is 364 g/mol. The van der Waals surface area contributed by atoms with Crippen LogP contribution in [0.1, 0.15) is 28.4 Å². The number of piperazine rings is 1. The summed E-state index contributed by atoms with van der Waals surface area (Å²) in [5.41, 5.74) is 4.62. The minimum absolute atomic E-state index is 0.0399. The van der Waals surface area contributed by atoms with Crippen molar-refractivity contribution in [1.29, 1.82) is 0 Å². The topological polar surface area (TPSA) is 55.9 Å². The fourth-order valence-electron chi connectivity index (χ4n) is 4.08. The van der Waals surface area contributed by atoms with Gasteiger partial charge in [-0.05, 0) is 54.9 Å². The van der Waals surface area contributed by atoms with Gasteiger partial charge in [0, 0.05) is 63.1 Å². The Kier molecular flexibility index (Phi) is 5.65. The van der Waals surface area contributed by atoms with Crippen molar-refractivity contribution in [2.24, 2.45) is 0 Å². The molecule has 0 aliphatic carbocycles. The Bertz CT molecular complexity index is 919. The van der Waals surface area contributed by atoms with Gasteiger partial charge in [0.25, 0.3) is 5.91 Å². The third-order valence-electron chi connectivity index (χ3n) is 5.80. The number of hydrogen-bond acceptors (Lipinski definition) is 4. The number of rotatable bonds is 4. The van der Waals surface area contributed by atoms with Crippen molar-refractivity contribution in [2.45, 2.75) is 19.9 Å². The molecule has 0 radical (unpaired) electrons.